The number of aldehydes is 2. The van der Waals surface area contributed by atoms with Crippen LogP contribution < -0.4 is 5.32 Å². The van der Waals surface area contributed by atoms with Crippen molar-refractivity contribution in [1.29, 1.82) is 0 Å². The Bertz CT molecular complexity index is 404. The summed E-state index contributed by atoms with van der Waals surface area (Å²) in [6.07, 6.45) is 1.56. The van der Waals surface area contributed by atoms with Gasteiger partial charge in [-0.2, -0.15) is 0 Å². The Morgan fingerprint density at radius 1 is 1.10 bits per heavy atom. The van der Waals surface area contributed by atoms with Crippen molar-refractivity contribution in [1.82, 2.24) is 5.32 Å². The molecule has 1 rings (SSSR count). The summed E-state index contributed by atoms with van der Waals surface area (Å²) in [6, 6.07) is 7.13. The van der Waals surface area contributed by atoms with Crippen LogP contribution in [0.5, 0.6) is 0 Å². The molecule has 0 spiro atoms. The zero-order chi connectivity index (χ0) is 14.1. The van der Waals surface area contributed by atoms with Crippen molar-refractivity contribution in [3.05, 3.63) is 30.0 Å². The van der Waals surface area contributed by atoms with Crippen molar-refractivity contribution in [3.63, 3.8) is 0 Å². The number of rotatable bonds is 9. The Morgan fingerprint density at radius 3 is 2.00 bits per heavy atom. The molecule has 0 amide bonds. The topological polar surface area (TPSA) is 70.0 Å². The Balaban J connectivity index is 0.00000361. The summed E-state index contributed by atoms with van der Waals surface area (Å²) in [5.41, 5.74) is 7.33. The van der Waals surface area contributed by atoms with Crippen LogP contribution in [0, 0.1) is 0 Å². The van der Waals surface area contributed by atoms with Gasteiger partial charge in [0.15, 0.2) is 0 Å². The predicted molar refractivity (Wildman–Crippen MR) is 81.0 cm³/mol. The quantitative estimate of drug-likeness (QED) is 0.521. The molecule has 2 unspecified atom stereocenters. The van der Waals surface area contributed by atoms with Gasteiger partial charge in [-0.15, -0.1) is 23.5 Å². The first-order chi connectivity index (χ1) is 9.19. The second-order valence-electron chi connectivity index (χ2n) is 3.87. The number of carbonyl (C=O) groups excluding carboxylic acids is 2. The van der Waals surface area contributed by atoms with Gasteiger partial charge in [-0.1, -0.05) is 6.04 Å². The number of hydrogen-bond donors (Lipinski definition) is 1. The molecule has 0 bridgehead atoms. The molecule has 1 aromatic carbocycles. The van der Waals surface area contributed by atoms with Crippen molar-refractivity contribution in [3.8, 4) is 0 Å². The van der Waals surface area contributed by atoms with Crippen molar-refractivity contribution in [2.75, 3.05) is 18.6 Å². The van der Waals surface area contributed by atoms with Crippen molar-refractivity contribution in [2.24, 2.45) is 0 Å². The van der Waals surface area contributed by atoms with Crippen LogP contribution in [0.1, 0.15) is 0 Å². The van der Waals surface area contributed by atoms with Gasteiger partial charge < -0.3 is 20.6 Å². The molecule has 0 aliphatic carbocycles. The van der Waals surface area contributed by atoms with Gasteiger partial charge in [0.25, 0.3) is 0 Å². The van der Waals surface area contributed by atoms with Crippen LogP contribution in [0.15, 0.2) is 34.1 Å². The Morgan fingerprint density at radius 2 is 1.60 bits per heavy atom. The first-order valence-electron chi connectivity index (χ1n) is 5.84. The zero-order valence-corrected chi connectivity index (χ0v) is 15.7. The molecule has 0 aromatic heterocycles. The van der Waals surface area contributed by atoms with Crippen molar-refractivity contribution in [2.45, 2.75) is 21.9 Å². The fraction of sp³-hybridized carbons (Fsp3) is 0.385. The molecule has 0 heterocycles. The van der Waals surface area contributed by atoms with Crippen LogP contribution >= 0.6 is 23.5 Å². The van der Waals surface area contributed by atoms with E-state index in [-0.39, 0.29) is 38.8 Å². The van der Waals surface area contributed by atoms with E-state index in [1.54, 1.807) is 18.8 Å². The maximum atomic E-state index is 10.7. The third kappa shape index (κ3) is 7.91. The van der Waals surface area contributed by atoms with Crippen molar-refractivity contribution < 1.29 is 42.3 Å². The first kappa shape index (κ1) is 20.3. The molecule has 0 aliphatic heterocycles. The second-order valence-corrected chi connectivity index (χ2v) is 6.05. The summed E-state index contributed by atoms with van der Waals surface area (Å²) in [7, 11) is 1.77. The van der Waals surface area contributed by atoms with Crippen molar-refractivity contribution >= 4 is 36.1 Å². The molecule has 2 N–H and O–H groups in total. The van der Waals surface area contributed by atoms with Crippen LogP contribution in [0.25, 0.3) is 5.73 Å². The van der Waals surface area contributed by atoms with E-state index < -0.39 is 6.04 Å². The van der Waals surface area contributed by atoms with E-state index in [2.05, 4.69) is 5.32 Å². The standard InChI is InChI=1S/C13H17N2O2S2.Y/c1-15-11(7-17)9-19-13-4-2-12(3-5-13)18-8-10(14)6-16;/h2-7,10-11,14-15H,8-9H2,1H3;/q-1;. The van der Waals surface area contributed by atoms with E-state index in [1.807, 2.05) is 24.3 Å². The summed E-state index contributed by atoms with van der Waals surface area (Å²) >= 11 is 3.12. The SMILES string of the molecule is CNC(C=O)CSc1ccc(SCC([NH-])C=O)cc1.[Y]. The van der Waals surface area contributed by atoms with Gasteiger partial charge in [-0.05, 0) is 37.1 Å². The molecular formula is C13H17N2O2S2Y-. The maximum Gasteiger partial charge on any atom is 0.137 e. The van der Waals surface area contributed by atoms with E-state index in [4.69, 9.17) is 5.73 Å². The summed E-state index contributed by atoms with van der Waals surface area (Å²) < 4.78 is 0. The van der Waals surface area contributed by atoms with E-state index in [9.17, 15) is 9.59 Å². The molecule has 4 nitrogen and oxygen atoms in total. The number of nitrogens with one attached hydrogen (secondary N) is 2. The molecule has 0 aliphatic rings. The van der Waals surface area contributed by atoms with Crippen LogP contribution in [0.4, 0.5) is 0 Å². The predicted octanol–water partition coefficient (Wildman–Crippen LogP) is 2.27. The minimum absolute atomic E-state index is 0. The van der Waals surface area contributed by atoms with Gasteiger partial charge in [-0.25, -0.2) is 0 Å². The van der Waals surface area contributed by atoms with E-state index in [0.717, 1.165) is 16.1 Å². The van der Waals surface area contributed by atoms with E-state index >= 15 is 0 Å². The van der Waals surface area contributed by atoms with E-state index in [0.29, 0.717) is 17.8 Å². The molecule has 0 saturated heterocycles. The fourth-order valence-electron chi connectivity index (χ4n) is 1.23. The molecule has 2 atom stereocenters. The van der Waals surface area contributed by atoms with Crippen LogP contribution in [-0.2, 0) is 42.3 Å². The molecule has 0 fully saturated rings. The smallest absolute Gasteiger partial charge is 0.137 e. The monoisotopic (exact) mass is 386 g/mol. The Hall–Kier alpha value is 0.284. The first-order valence-corrected chi connectivity index (χ1v) is 7.81. The zero-order valence-electron chi connectivity index (χ0n) is 11.2. The Labute approximate surface area is 153 Å². The minimum Gasteiger partial charge on any atom is -0.668 e. The number of hydrogen-bond acceptors (Lipinski definition) is 5. The Kier molecular flexibility index (Phi) is 12.1. The molecule has 1 radical (unpaired) electrons. The van der Waals surface area contributed by atoms with Crippen LogP contribution in [-0.4, -0.2) is 43.2 Å². The molecule has 1 aromatic rings. The summed E-state index contributed by atoms with van der Waals surface area (Å²) in [6.45, 7) is 0. The van der Waals surface area contributed by atoms with Gasteiger partial charge in [0, 0.05) is 48.3 Å². The third-order valence-electron chi connectivity index (χ3n) is 2.38. The van der Waals surface area contributed by atoms with Gasteiger partial charge in [0.1, 0.15) is 12.6 Å². The van der Waals surface area contributed by atoms with Gasteiger partial charge in [0.2, 0.25) is 0 Å². The van der Waals surface area contributed by atoms with Gasteiger partial charge >= 0.3 is 0 Å². The van der Waals surface area contributed by atoms with Gasteiger partial charge in [-0.3, -0.25) is 0 Å². The largest absolute Gasteiger partial charge is 0.668 e. The van der Waals surface area contributed by atoms with E-state index in [1.165, 1.54) is 11.8 Å². The summed E-state index contributed by atoms with van der Waals surface area (Å²) in [5.74, 6) is 1.18. The molecule has 20 heavy (non-hydrogen) atoms. The number of likely N-dealkylation sites (N-methyl/N-ethyl adjacent to an activating group) is 1. The maximum absolute atomic E-state index is 10.7. The summed E-state index contributed by atoms with van der Waals surface area (Å²) in [4.78, 5) is 23.2. The number of benzene rings is 1. The average molecular weight is 386 g/mol. The fourth-order valence-corrected chi connectivity index (χ4v) is 2.96. The average Bonchev–Trinajstić information content (AvgIpc) is 2.47. The van der Waals surface area contributed by atoms with Crippen LogP contribution in [0.3, 0.4) is 0 Å². The molecule has 107 valence electrons. The molecular weight excluding hydrogens is 369 g/mol. The minimum atomic E-state index is -0.664. The normalized spacial score (nSPS) is 13.1. The molecule has 7 heteroatoms. The second kappa shape index (κ2) is 11.9. The van der Waals surface area contributed by atoms with Crippen LogP contribution in [0.2, 0.25) is 0 Å². The summed E-state index contributed by atoms with van der Waals surface area (Å²) in [5, 5.41) is 2.93. The van der Waals surface area contributed by atoms with Gasteiger partial charge in [0.05, 0.1) is 6.04 Å². The number of thioether (sulfide) groups is 2. The third-order valence-corrected chi connectivity index (χ3v) is 4.64. The molecule has 0 saturated carbocycles. The number of carbonyl (C=O) groups is 2.